The van der Waals surface area contributed by atoms with E-state index in [1.807, 2.05) is 0 Å². The largest absolute Gasteiger partial charge is 0.465 e. The maximum Gasteiger partial charge on any atom is 0.405 e. The smallest absolute Gasteiger partial charge is 0.405 e. The van der Waals surface area contributed by atoms with Gasteiger partial charge in [0.1, 0.15) is 5.78 Å². The number of hydrogen-bond acceptors (Lipinski definition) is 2. The van der Waals surface area contributed by atoms with Gasteiger partial charge in [-0.1, -0.05) is 0 Å². The Labute approximate surface area is 89.0 Å². The van der Waals surface area contributed by atoms with Crippen LogP contribution in [0.1, 0.15) is 45.4 Å². The molecule has 0 saturated heterocycles. The van der Waals surface area contributed by atoms with Gasteiger partial charge in [-0.05, 0) is 45.4 Å². The number of carbonyl (C=O) groups is 2. The fourth-order valence-corrected chi connectivity index (χ4v) is 3.13. The number of rotatable bonds is 2. The minimum Gasteiger partial charge on any atom is -0.465 e. The van der Waals surface area contributed by atoms with Gasteiger partial charge in [0.25, 0.3) is 0 Å². The molecule has 0 radical (unpaired) electrons. The summed E-state index contributed by atoms with van der Waals surface area (Å²) in [4.78, 5) is 22.3. The van der Waals surface area contributed by atoms with E-state index >= 15 is 0 Å². The highest BCUT2D eigenvalue weighted by Crippen LogP contribution is 2.52. The zero-order valence-corrected chi connectivity index (χ0v) is 9.01. The van der Waals surface area contributed by atoms with E-state index in [2.05, 4.69) is 5.32 Å². The van der Waals surface area contributed by atoms with Crippen LogP contribution in [-0.2, 0) is 4.79 Å². The molecule has 0 unspecified atom stereocenters. The van der Waals surface area contributed by atoms with Gasteiger partial charge in [-0.25, -0.2) is 4.79 Å². The summed E-state index contributed by atoms with van der Waals surface area (Å²) < 4.78 is 0. The lowest BCUT2D eigenvalue weighted by atomic mass is 9.56. The molecular weight excluding hydrogens is 194 g/mol. The van der Waals surface area contributed by atoms with Gasteiger partial charge in [-0.3, -0.25) is 4.79 Å². The third kappa shape index (κ3) is 1.62. The minimum absolute atomic E-state index is 0.123. The molecule has 1 amide bonds. The fourth-order valence-electron chi connectivity index (χ4n) is 3.13. The van der Waals surface area contributed by atoms with Crippen LogP contribution < -0.4 is 5.32 Å². The number of nitrogens with one attached hydrogen (secondary N) is 1. The van der Waals surface area contributed by atoms with Crippen LogP contribution in [0, 0.1) is 5.41 Å². The van der Waals surface area contributed by atoms with Crippen molar-refractivity contribution < 1.29 is 14.7 Å². The molecule has 3 aliphatic carbocycles. The first-order valence-electron chi connectivity index (χ1n) is 5.50. The van der Waals surface area contributed by atoms with Gasteiger partial charge in [0.2, 0.25) is 0 Å². The van der Waals surface area contributed by atoms with Crippen LogP contribution in [0.3, 0.4) is 0 Å². The zero-order chi connectivity index (χ0) is 11.1. The van der Waals surface area contributed by atoms with Crippen LogP contribution in [0.4, 0.5) is 4.79 Å². The Morgan fingerprint density at radius 3 is 1.87 bits per heavy atom. The molecule has 0 aromatic carbocycles. The van der Waals surface area contributed by atoms with E-state index in [0.29, 0.717) is 0 Å². The maximum atomic E-state index is 11.6. The van der Waals surface area contributed by atoms with Crippen molar-refractivity contribution in [3.05, 3.63) is 0 Å². The summed E-state index contributed by atoms with van der Waals surface area (Å²) in [5.41, 5.74) is -0.356. The summed E-state index contributed by atoms with van der Waals surface area (Å²) in [6.45, 7) is 1.67. The van der Waals surface area contributed by atoms with Crippen molar-refractivity contribution in [3.8, 4) is 0 Å². The van der Waals surface area contributed by atoms with Crippen molar-refractivity contribution in [2.75, 3.05) is 0 Å². The topological polar surface area (TPSA) is 66.4 Å². The predicted octanol–water partition coefficient (Wildman–Crippen LogP) is 1.94. The molecule has 4 heteroatoms. The van der Waals surface area contributed by atoms with Crippen LogP contribution in [0.2, 0.25) is 0 Å². The molecule has 3 fully saturated rings. The van der Waals surface area contributed by atoms with Gasteiger partial charge in [0.05, 0.1) is 0 Å². The number of carboxylic acid groups (broad SMARTS) is 1. The summed E-state index contributed by atoms with van der Waals surface area (Å²) in [5, 5.41) is 11.4. The predicted molar refractivity (Wildman–Crippen MR) is 54.7 cm³/mol. The molecule has 4 nitrogen and oxygen atoms in total. The van der Waals surface area contributed by atoms with Gasteiger partial charge >= 0.3 is 6.09 Å². The van der Waals surface area contributed by atoms with Crippen LogP contribution in [0.25, 0.3) is 0 Å². The molecule has 2 N–H and O–H groups in total. The van der Waals surface area contributed by atoms with Gasteiger partial charge < -0.3 is 10.4 Å². The summed E-state index contributed by atoms with van der Waals surface area (Å²) in [6.07, 6.45) is 4.07. The second-order valence-electron chi connectivity index (χ2n) is 5.05. The van der Waals surface area contributed by atoms with E-state index in [4.69, 9.17) is 5.11 Å². The number of fused-ring (bicyclic) bond motifs is 3. The van der Waals surface area contributed by atoms with Crippen LogP contribution in [-0.4, -0.2) is 22.5 Å². The first kappa shape index (κ1) is 10.5. The lowest BCUT2D eigenvalue weighted by Gasteiger charge is -2.52. The highest BCUT2D eigenvalue weighted by Gasteiger charge is 2.51. The maximum absolute atomic E-state index is 11.6. The SMILES string of the molecule is CC(=O)C12CCC(NC(=O)O)(CC1)CC2. The Morgan fingerprint density at radius 2 is 1.53 bits per heavy atom. The second-order valence-corrected chi connectivity index (χ2v) is 5.05. The quantitative estimate of drug-likeness (QED) is 0.733. The van der Waals surface area contributed by atoms with E-state index in [1.54, 1.807) is 6.92 Å². The van der Waals surface area contributed by atoms with E-state index in [-0.39, 0.29) is 16.7 Å². The summed E-state index contributed by atoms with van der Waals surface area (Å²) in [5.74, 6) is 0.283. The fraction of sp³-hybridized carbons (Fsp3) is 0.818. The Hall–Kier alpha value is -1.06. The van der Waals surface area contributed by atoms with Gasteiger partial charge in [0.15, 0.2) is 0 Å². The average Bonchev–Trinajstić information content (AvgIpc) is 2.18. The molecular formula is C11H17NO3. The van der Waals surface area contributed by atoms with E-state index in [9.17, 15) is 9.59 Å². The molecule has 84 valence electrons. The van der Waals surface area contributed by atoms with E-state index < -0.39 is 6.09 Å². The van der Waals surface area contributed by atoms with Crippen molar-refractivity contribution in [2.45, 2.75) is 51.0 Å². The summed E-state index contributed by atoms with van der Waals surface area (Å²) in [7, 11) is 0. The van der Waals surface area contributed by atoms with Gasteiger partial charge in [-0.2, -0.15) is 0 Å². The van der Waals surface area contributed by atoms with E-state index in [0.717, 1.165) is 38.5 Å². The summed E-state index contributed by atoms with van der Waals surface area (Å²) >= 11 is 0. The standard InChI is InChI=1S/C11H17NO3/c1-8(13)10-2-5-11(6-3-10,7-4-10)12-9(14)15/h12H,2-7H2,1H3,(H,14,15). The number of amides is 1. The first-order valence-corrected chi connectivity index (χ1v) is 5.50. The van der Waals surface area contributed by atoms with Crippen molar-refractivity contribution in [1.29, 1.82) is 0 Å². The van der Waals surface area contributed by atoms with Crippen LogP contribution in [0.15, 0.2) is 0 Å². The molecule has 2 bridgehead atoms. The van der Waals surface area contributed by atoms with Gasteiger partial charge in [0, 0.05) is 11.0 Å². The Balaban J connectivity index is 2.10. The first-order chi connectivity index (χ1) is 6.98. The zero-order valence-electron chi connectivity index (χ0n) is 9.01. The number of ketones is 1. The number of hydrogen-bond donors (Lipinski definition) is 2. The van der Waals surface area contributed by atoms with Crippen molar-refractivity contribution in [1.82, 2.24) is 5.32 Å². The number of carbonyl (C=O) groups excluding carboxylic acids is 1. The molecule has 15 heavy (non-hydrogen) atoms. The second kappa shape index (κ2) is 3.22. The Bertz CT molecular complexity index is 286. The normalized spacial score (nSPS) is 38.7. The molecule has 3 rings (SSSR count). The van der Waals surface area contributed by atoms with Crippen LogP contribution in [0.5, 0.6) is 0 Å². The highest BCUT2D eigenvalue weighted by atomic mass is 16.4. The molecule has 0 aliphatic heterocycles. The average molecular weight is 211 g/mol. The summed E-state index contributed by atoms with van der Waals surface area (Å²) in [6, 6.07) is 0. The highest BCUT2D eigenvalue weighted by molar-refractivity contribution is 5.83. The van der Waals surface area contributed by atoms with Crippen molar-refractivity contribution in [2.24, 2.45) is 5.41 Å². The molecule has 0 aromatic rings. The lowest BCUT2D eigenvalue weighted by Crippen LogP contribution is -2.57. The molecule has 0 atom stereocenters. The van der Waals surface area contributed by atoms with Crippen LogP contribution >= 0.6 is 0 Å². The molecule has 3 aliphatic rings. The van der Waals surface area contributed by atoms with Crippen molar-refractivity contribution in [3.63, 3.8) is 0 Å². The monoisotopic (exact) mass is 211 g/mol. The van der Waals surface area contributed by atoms with Crippen molar-refractivity contribution >= 4 is 11.9 Å². The minimum atomic E-state index is -0.938. The van der Waals surface area contributed by atoms with E-state index in [1.165, 1.54) is 0 Å². The molecule has 3 saturated carbocycles. The lowest BCUT2D eigenvalue weighted by molar-refractivity contribution is -0.133. The Kier molecular flexibility index (Phi) is 2.24. The molecule has 0 aromatic heterocycles. The molecule has 0 spiro atoms. The third-order valence-electron chi connectivity index (χ3n) is 4.37. The third-order valence-corrected chi connectivity index (χ3v) is 4.37. The number of Topliss-reactive ketones (excluding diaryl/α,β-unsaturated/α-hetero) is 1. The van der Waals surface area contributed by atoms with Gasteiger partial charge in [-0.15, -0.1) is 0 Å². The molecule has 0 heterocycles. The Morgan fingerprint density at radius 1 is 1.07 bits per heavy atom.